The van der Waals surface area contributed by atoms with E-state index in [1.807, 2.05) is 36.4 Å². The molecule has 14 heteroatoms. The van der Waals surface area contributed by atoms with Crippen molar-refractivity contribution in [3.05, 3.63) is 89.5 Å². The summed E-state index contributed by atoms with van der Waals surface area (Å²) in [6.45, 7) is -0.0482. The highest BCUT2D eigenvalue weighted by Gasteiger charge is 2.32. The standard InChI is InChI=1S/C30H32N6O7S/c37-17-19-4-6-20(7-5-19)26-16-25(18-44-30-32-34-35-36(30)23-12-14-24(38)15-13-23)42-29(43-26)21-8-10-22(11-9-21)31-27(39)2-1-3-28(40)33-41/h4-15,25-26,29,37-38,41H,1-3,16-18H2,(H,31,39)(H,33,40). The zero-order valence-electron chi connectivity index (χ0n) is 23.6. The summed E-state index contributed by atoms with van der Waals surface area (Å²) < 4.78 is 14.4. The molecule has 5 N–H and O–H groups in total. The molecule has 3 atom stereocenters. The molecule has 1 aliphatic rings. The zero-order valence-corrected chi connectivity index (χ0v) is 24.4. The molecule has 0 spiro atoms. The van der Waals surface area contributed by atoms with Crippen molar-refractivity contribution in [3.8, 4) is 11.4 Å². The number of aromatic hydroxyl groups is 1. The molecule has 2 amide bonds. The largest absolute Gasteiger partial charge is 0.508 e. The number of hydrogen-bond acceptors (Lipinski definition) is 11. The molecular formula is C30H32N6O7S. The summed E-state index contributed by atoms with van der Waals surface area (Å²) in [7, 11) is 0. The maximum Gasteiger partial charge on any atom is 0.243 e. The summed E-state index contributed by atoms with van der Waals surface area (Å²) in [6, 6.07) is 21.4. The van der Waals surface area contributed by atoms with Crippen LogP contribution in [0, 0.1) is 0 Å². The Morgan fingerprint density at radius 2 is 1.64 bits per heavy atom. The molecule has 5 rings (SSSR count). The second-order valence-electron chi connectivity index (χ2n) is 10.1. The smallest absolute Gasteiger partial charge is 0.243 e. The SMILES string of the molecule is O=C(CCCC(=O)Nc1ccc(C2OC(CSc3nnnn3-c3ccc(O)cc3)CC(c3ccc(CO)cc3)O2)cc1)NO. The normalized spacial score (nSPS) is 18.1. The number of nitrogens with zero attached hydrogens (tertiary/aromatic N) is 4. The quantitative estimate of drug-likeness (QED) is 0.0883. The van der Waals surface area contributed by atoms with E-state index in [-0.39, 0.29) is 43.3 Å². The number of aliphatic hydroxyl groups is 1. The molecule has 0 radical (unpaired) electrons. The van der Waals surface area contributed by atoms with Crippen LogP contribution >= 0.6 is 11.8 Å². The van der Waals surface area contributed by atoms with E-state index in [0.717, 1.165) is 16.7 Å². The van der Waals surface area contributed by atoms with Crippen molar-refractivity contribution in [1.29, 1.82) is 0 Å². The minimum absolute atomic E-state index is 0.0482. The third kappa shape index (κ3) is 8.18. The van der Waals surface area contributed by atoms with Crippen molar-refractivity contribution >= 4 is 29.3 Å². The number of ether oxygens (including phenoxy) is 2. The van der Waals surface area contributed by atoms with E-state index in [4.69, 9.17) is 14.7 Å². The number of tetrazole rings is 1. The Bertz CT molecular complexity index is 1530. The predicted octanol–water partition coefficient (Wildman–Crippen LogP) is 3.81. The number of carbonyl (C=O) groups is 2. The number of carbonyl (C=O) groups excluding carboxylic acids is 2. The van der Waals surface area contributed by atoms with E-state index in [0.29, 0.717) is 35.1 Å². The minimum Gasteiger partial charge on any atom is -0.508 e. The lowest BCUT2D eigenvalue weighted by Gasteiger charge is -2.36. The van der Waals surface area contributed by atoms with E-state index in [1.165, 1.54) is 11.8 Å². The van der Waals surface area contributed by atoms with Crippen molar-refractivity contribution in [3.63, 3.8) is 0 Å². The van der Waals surface area contributed by atoms with Gasteiger partial charge in [-0.25, -0.2) is 5.48 Å². The Morgan fingerprint density at radius 3 is 2.34 bits per heavy atom. The molecule has 0 aliphatic carbocycles. The Morgan fingerprint density at radius 1 is 0.932 bits per heavy atom. The fourth-order valence-electron chi connectivity index (χ4n) is 4.63. The van der Waals surface area contributed by atoms with Crippen molar-refractivity contribution in [1.82, 2.24) is 25.7 Å². The molecule has 44 heavy (non-hydrogen) atoms. The number of phenolic OH excluding ortho intramolecular Hbond substituents is 1. The van der Waals surface area contributed by atoms with Gasteiger partial charge in [0.25, 0.3) is 0 Å². The third-order valence-corrected chi connectivity index (χ3v) is 8.00. The van der Waals surface area contributed by atoms with Gasteiger partial charge in [-0.1, -0.05) is 48.2 Å². The van der Waals surface area contributed by atoms with Crippen LogP contribution in [-0.4, -0.2) is 59.3 Å². The van der Waals surface area contributed by atoms with Gasteiger partial charge >= 0.3 is 0 Å². The Hall–Kier alpha value is -4.34. The van der Waals surface area contributed by atoms with Crippen molar-refractivity contribution in [2.24, 2.45) is 0 Å². The van der Waals surface area contributed by atoms with E-state index in [9.17, 15) is 19.8 Å². The first-order valence-corrected chi connectivity index (χ1v) is 14.9. The summed E-state index contributed by atoms with van der Waals surface area (Å²) in [6.07, 6.45) is -0.138. The summed E-state index contributed by atoms with van der Waals surface area (Å²) >= 11 is 1.44. The number of nitrogens with one attached hydrogen (secondary N) is 2. The van der Waals surface area contributed by atoms with Crippen LogP contribution in [0.5, 0.6) is 5.75 Å². The van der Waals surface area contributed by atoms with Gasteiger partial charge in [0, 0.05) is 36.3 Å². The molecule has 1 aromatic heterocycles. The van der Waals surface area contributed by atoms with E-state index in [2.05, 4.69) is 20.8 Å². The lowest BCUT2D eigenvalue weighted by Crippen LogP contribution is -2.31. The van der Waals surface area contributed by atoms with Crippen LogP contribution in [0.4, 0.5) is 5.69 Å². The number of phenols is 1. The highest BCUT2D eigenvalue weighted by atomic mass is 32.2. The number of anilines is 1. The van der Waals surface area contributed by atoms with Gasteiger partial charge in [0.05, 0.1) is 24.5 Å². The Kier molecular flexibility index (Phi) is 10.5. The zero-order chi connectivity index (χ0) is 30.9. The average molecular weight is 621 g/mol. The van der Waals surface area contributed by atoms with E-state index < -0.39 is 12.2 Å². The van der Waals surface area contributed by atoms with Gasteiger partial charge in [-0.05, 0) is 64.4 Å². The van der Waals surface area contributed by atoms with Gasteiger partial charge in [0.1, 0.15) is 5.75 Å². The number of aromatic nitrogens is 4. The van der Waals surface area contributed by atoms with E-state index in [1.54, 1.807) is 46.6 Å². The lowest BCUT2D eigenvalue weighted by atomic mass is 10.0. The number of thioether (sulfide) groups is 1. The summed E-state index contributed by atoms with van der Waals surface area (Å²) in [5.74, 6) is -0.0982. The maximum absolute atomic E-state index is 12.3. The van der Waals surface area contributed by atoms with Crippen molar-refractivity contribution in [2.45, 2.75) is 55.9 Å². The highest BCUT2D eigenvalue weighted by Crippen LogP contribution is 2.39. The highest BCUT2D eigenvalue weighted by molar-refractivity contribution is 7.99. The molecule has 1 aliphatic heterocycles. The maximum atomic E-state index is 12.3. The van der Waals surface area contributed by atoms with Gasteiger partial charge in [0.15, 0.2) is 6.29 Å². The predicted molar refractivity (Wildman–Crippen MR) is 159 cm³/mol. The molecular weight excluding hydrogens is 588 g/mol. The molecule has 3 aromatic carbocycles. The monoisotopic (exact) mass is 620 g/mol. The summed E-state index contributed by atoms with van der Waals surface area (Å²) in [4.78, 5) is 23.4. The topological polar surface area (TPSA) is 181 Å². The first kappa shape index (κ1) is 31.1. The van der Waals surface area contributed by atoms with Crippen LogP contribution in [0.1, 0.15) is 54.8 Å². The van der Waals surface area contributed by atoms with Gasteiger partial charge in [0.2, 0.25) is 17.0 Å². The molecule has 2 heterocycles. The first-order valence-electron chi connectivity index (χ1n) is 14.0. The molecule has 1 saturated heterocycles. The number of hydrogen-bond donors (Lipinski definition) is 5. The second-order valence-corrected chi connectivity index (χ2v) is 11.1. The number of aliphatic hydroxyl groups excluding tert-OH is 1. The molecule has 0 bridgehead atoms. The number of rotatable bonds is 12. The van der Waals surface area contributed by atoms with Crippen LogP contribution in [0.15, 0.2) is 78.0 Å². The fourth-order valence-corrected chi connectivity index (χ4v) is 5.54. The van der Waals surface area contributed by atoms with Crippen LogP contribution in [0.2, 0.25) is 0 Å². The fraction of sp³-hybridized carbons (Fsp3) is 0.300. The van der Waals surface area contributed by atoms with Gasteiger partial charge in [-0.2, -0.15) is 4.68 Å². The Labute approximate surface area is 257 Å². The summed E-state index contributed by atoms with van der Waals surface area (Å²) in [5, 5.41) is 43.1. The number of benzene rings is 3. The van der Waals surface area contributed by atoms with Gasteiger partial charge in [-0.15, -0.1) is 5.10 Å². The minimum atomic E-state index is -0.688. The first-order chi connectivity index (χ1) is 21.4. The Balaban J connectivity index is 1.27. The molecule has 13 nitrogen and oxygen atoms in total. The third-order valence-electron chi connectivity index (χ3n) is 6.95. The van der Waals surface area contributed by atoms with Crippen molar-refractivity contribution < 1.29 is 34.5 Å². The summed E-state index contributed by atoms with van der Waals surface area (Å²) in [5.41, 5.74) is 5.38. The molecule has 3 unspecified atom stereocenters. The van der Waals surface area contributed by atoms with Crippen LogP contribution in [0.3, 0.4) is 0 Å². The molecule has 230 valence electrons. The van der Waals surface area contributed by atoms with Crippen LogP contribution in [0.25, 0.3) is 5.69 Å². The van der Waals surface area contributed by atoms with Crippen LogP contribution < -0.4 is 10.8 Å². The molecule has 0 saturated carbocycles. The molecule has 4 aromatic rings. The lowest BCUT2D eigenvalue weighted by molar-refractivity contribution is -0.245. The number of hydroxylamine groups is 1. The van der Waals surface area contributed by atoms with E-state index >= 15 is 0 Å². The van der Waals surface area contributed by atoms with Crippen molar-refractivity contribution in [2.75, 3.05) is 11.1 Å². The average Bonchev–Trinajstić information content (AvgIpc) is 3.53. The van der Waals surface area contributed by atoms with Crippen LogP contribution in [-0.2, 0) is 25.7 Å². The molecule has 1 fully saturated rings. The number of amides is 2. The second kappa shape index (κ2) is 14.9. The van der Waals surface area contributed by atoms with Gasteiger partial charge in [-0.3, -0.25) is 14.8 Å². The van der Waals surface area contributed by atoms with Gasteiger partial charge < -0.3 is 25.0 Å².